The number of rotatable bonds is 5. The van der Waals surface area contributed by atoms with Crippen molar-refractivity contribution in [2.45, 2.75) is 51.8 Å². The molecule has 4 heteroatoms. The van der Waals surface area contributed by atoms with Gasteiger partial charge in [-0.25, -0.2) is 0 Å². The van der Waals surface area contributed by atoms with Crippen LogP contribution in [-0.2, 0) is 4.79 Å². The van der Waals surface area contributed by atoms with Gasteiger partial charge in [-0.3, -0.25) is 9.69 Å². The van der Waals surface area contributed by atoms with Crippen molar-refractivity contribution in [3.8, 4) is 0 Å². The molecule has 1 fully saturated rings. The molecule has 3 atom stereocenters. The lowest BCUT2D eigenvalue weighted by molar-refractivity contribution is -0.126. The molecule has 0 aromatic heterocycles. The zero-order valence-corrected chi connectivity index (χ0v) is 9.65. The molecule has 88 valence electrons. The molecular weight excluding hydrogens is 192 g/mol. The van der Waals surface area contributed by atoms with Gasteiger partial charge in [0.1, 0.15) is 6.23 Å². The van der Waals surface area contributed by atoms with Crippen molar-refractivity contribution >= 4 is 5.91 Å². The SMILES string of the molecule is CCC[C@@H]1CC(O)N([C@H](CC)C(N)=O)C1. The van der Waals surface area contributed by atoms with Crippen LogP contribution in [0.4, 0.5) is 0 Å². The Morgan fingerprint density at radius 1 is 1.60 bits per heavy atom. The van der Waals surface area contributed by atoms with Crippen molar-refractivity contribution in [3.63, 3.8) is 0 Å². The van der Waals surface area contributed by atoms with Crippen LogP contribution in [0.3, 0.4) is 0 Å². The van der Waals surface area contributed by atoms with Gasteiger partial charge in [-0.2, -0.15) is 0 Å². The lowest BCUT2D eigenvalue weighted by atomic mass is 10.0. The summed E-state index contributed by atoms with van der Waals surface area (Å²) in [6.45, 7) is 4.87. The summed E-state index contributed by atoms with van der Waals surface area (Å²) in [7, 11) is 0. The number of aliphatic hydroxyl groups is 1. The molecule has 1 unspecified atom stereocenters. The smallest absolute Gasteiger partial charge is 0.234 e. The van der Waals surface area contributed by atoms with Crippen LogP contribution < -0.4 is 5.73 Å². The number of amides is 1. The standard InChI is InChI=1S/C11H22N2O2/c1-3-5-8-6-10(14)13(7-8)9(4-2)11(12)15/h8-10,14H,3-7H2,1-2H3,(H2,12,15)/t8-,9-,10?/m1/s1. The number of nitrogens with zero attached hydrogens (tertiary/aromatic N) is 1. The fraction of sp³-hybridized carbons (Fsp3) is 0.909. The highest BCUT2D eigenvalue weighted by Gasteiger charge is 2.36. The highest BCUT2D eigenvalue weighted by atomic mass is 16.3. The topological polar surface area (TPSA) is 66.6 Å². The van der Waals surface area contributed by atoms with E-state index in [1.807, 2.05) is 11.8 Å². The van der Waals surface area contributed by atoms with Crippen LogP contribution in [0, 0.1) is 5.92 Å². The van der Waals surface area contributed by atoms with Crippen molar-refractivity contribution in [3.05, 3.63) is 0 Å². The molecule has 0 aromatic carbocycles. The highest BCUT2D eigenvalue weighted by molar-refractivity contribution is 5.79. The number of primary amides is 1. The van der Waals surface area contributed by atoms with Gasteiger partial charge in [0.25, 0.3) is 0 Å². The van der Waals surface area contributed by atoms with E-state index in [-0.39, 0.29) is 11.9 Å². The molecule has 1 amide bonds. The molecule has 0 aliphatic carbocycles. The van der Waals surface area contributed by atoms with Crippen molar-refractivity contribution in [1.82, 2.24) is 4.90 Å². The summed E-state index contributed by atoms with van der Waals surface area (Å²) < 4.78 is 0. The largest absolute Gasteiger partial charge is 0.378 e. The molecule has 1 rings (SSSR count). The summed E-state index contributed by atoms with van der Waals surface area (Å²) in [6.07, 6.45) is 3.20. The third-order valence-electron chi connectivity index (χ3n) is 3.21. The minimum Gasteiger partial charge on any atom is -0.378 e. The summed E-state index contributed by atoms with van der Waals surface area (Å²) in [6, 6.07) is -0.304. The fourth-order valence-corrected chi connectivity index (χ4v) is 2.48. The third-order valence-corrected chi connectivity index (χ3v) is 3.21. The number of hydrogen-bond acceptors (Lipinski definition) is 3. The molecule has 1 aliphatic rings. The molecule has 0 bridgehead atoms. The number of likely N-dealkylation sites (tertiary alicyclic amines) is 1. The van der Waals surface area contributed by atoms with Crippen LogP contribution in [0.2, 0.25) is 0 Å². The van der Waals surface area contributed by atoms with E-state index >= 15 is 0 Å². The Morgan fingerprint density at radius 2 is 2.27 bits per heavy atom. The van der Waals surface area contributed by atoms with Gasteiger partial charge in [-0.15, -0.1) is 0 Å². The Bertz CT molecular complexity index is 221. The third kappa shape index (κ3) is 2.92. The van der Waals surface area contributed by atoms with Gasteiger partial charge in [0.15, 0.2) is 0 Å². The van der Waals surface area contributed by atoms with Gasteiger partial charge in [-0.1, -0.05) is 20.3 Å². The van der Waals surface area contributed by atoms with Crippen molar-refractivity contribution in [1.29, 1.82) is 0 Å². The van der Waals surface area contributed by atoms with Crippen molar-refractivity contribution in [2.24, 2.45) is 11.7 Å². The summed E-state index contributed by atoms with van der Waals surface area (Å²) in [5, 5.41) is 9.85. The Balaban J connectivity index is 2.58. The maximum absolute atomic E-state index is 11.2. The molecule has 4 nitrogen and oxygen atoms in total. The number of nitrogens with two attached hydrogens (primary N) is 1. The summed E-state index contributed by atoms with van der Waals surface area (Å²) >= 11 is 0. The number of carbonyl (C=O) groups excluding carboxylic acids is 1. The van der Waals surface area contributed by atoms with E-state index in [4.69, 9.17) is 5.73 Å². The first-order valence-corrected chi connectivity index (χ1v) is 5.83. The Kier molecular flexibility index (Phi) is 4.54. The minimum atomic E-state index is -0.487. The van der Waals surface area contributed by atoms with Gasteiger partial charge in [0.05, 0.1) is 6.04 Å². The van der Waals surface area contributed by atoms with E-state index in [9.17, 15) is 9.90 Å². The first-order chi connectivity index (χ1) is 7.10. The fourth-order valence-electron chi connectivity index (χ4n) is 2.48. The second-order valence-electron chi connectivity index (χ2n) is 4.39. The first-order valence-electron chi connectivity index (χ1n) is 5.83. The summed E-state index contributed by atoms with van der Waals surface area (Å²) in [5.74, 6) is 0.187. The monoisotopic (exact) mass is 214 g/mol. The van der Waals surface area contributed by atoms with E-state index in [1.165, 1.54) is 0 Å². The lowest BCUT2D eigenvalue weighted by Gasteiger charge is -2.27. The average Bonchev–Trinajstić information content (AvgIpc) is 2.49. The Hall–Kier alpha value is -0.610. The molecule has 3 N–H and O–H groups in total. The lowest BCUT2D eigenvalue weighted by Crippen LogP contribution is -2.46. The average molecular weight is 214 g/mol. The van der Waals surface area contributed by atoms with Crippen molar-refractivity contribution in [2.75, 3.05) is 6.54 Å². The van der Waals surface area contributed by atoms with Gasteiger partial charge >= 0.3 is 0 Å². The maximum atomic E-state index is 11.2. The predicted octanol–water partition coefficient (Wildman–Crippen LogP) is 0.691. The maximum Gasteiger partial charge on any atom is 0.234 e. The number of carbonyl (C=O) groups is 1. The number of aliphatic hydroxyl groups excluding tert-OH is 1. The molecule has 15 heavy (non-hydrogen) atoms. The molecule has 0 saturated carbocycles. The predicted molar refractivity (Wildman–Crippen MR) is 59.0 cm³/mol. The molecule has 0 aromatic rings. The Labute approximate surface area is 91.4 Å². The highest BCUT2D eigenvalue weighted by Crippen LogP contribution is 2.27. The van der Waals surface area contributed by atoms with Gasteiger partial charge in [0.2, 0.25) is 5.91 Å². The quantitative estimate of drug-likeness (QED) is 0.707. The van der Waals surface area contributed by atoms with Gasteiger partial charge in [0, 0.05) is 6.54 Å². The second-order valence-corrected chi connectivity index (χ2v) is 4.39. The van der Waals surface area contributed by atoms with E-state index in [0.29, 0.717) is 12.3 Å². The number of hydrogen-bond donors (Lipinski definition) is 2. The summed E-state index contributed by atoms with van der Waals surface area (Å²) in [5.41, 5.74) is 5.32. The van der Waals surface area contributed by atoms with Gasteiger partial charge in [-0.05, 0) is 25.2 Å². The molecule has 1 saturated heterocycles. The van der Waals surface area contributed by atoms with E-state index in [2.05, 4.69) is 6.92 Å². The molecule has 1 aliphatic heterocycles. The molecular formula is C11H22N2O2. The van der Waals surface area contributed by atoms with Crippen molar-refractivity contribution < 1.29 is 9.90 Å². The molecule has 0 radical (unpaired) electrons. The van der Waals surface area contributed by atoms with Crippen LogP contribution in [0.25, 0.3) is 0 Å². The second kappa shape index (κ2) is 5.47. The zero-order valence-electron chi connectivity index (χ0n) is 9.65. The van der Waals surface area contributed by atoms with Gasteiger partial charge < -0.3 is 10.8 Å². The Morgan fingerprint density at radius 3 is 2.73 bits per heavy atom. The van der Waals surface area contributed by atoms with Crippen LogP contribution in [0.15, 0.2) is 0 Å². The van der Waals surface area contributed by atoms with E-state index in [1.54, 1.807) is 0 Å². The van der Waals surface area contributed by atoms with Crippen LogP contribution in [0.5, 0.6) is 0 Å². The van der Waals surface area contributed by atoms with Crippen LogP contribution in [0.1, 0.15) is 39.5 Å². The van der Waals surface area contributed by atoms with Crippen LogP contribution >= 0.6 is 0 Å². The van der Waals surface area contributed by atoms with E-state index < -0.39 is 6.23 Å². The van der Waals surface area contributed by atoms with Crippen LogP contribution in [-0.4, -0.2) is 34.7 Å². The molecule has 1 heterocycles. The zero-order chi connectivity index (χ0) is 11.4. The van der Waals surface area contributed by atoms with E-state index in [0.717, 1.165) is 25.8 Å². The normalized spacial score (nSPS) is 29.3. The minimum absolute atomic E-state index is 0.304. The molecule has 0 spiro atoms. The first kappa shape index (κ1) is 12.5. The summed E-state index contributed by atoms with van der Waals surface area (Å²) in [4.78, 5) is 13.0.